The smallest absolute Gasteiger partial charge is 0.145 e. The van der Waals surface area contributed by atoms with Gasteiger partial charge in [-0.15, -0.1) is 0 Å². The second kappa shape index (κ2) is 6.24. The molecule has 5 nitrogen and oxygen atoms in total. The summed E-state index contributed by atoms with van der Waals surface area (Å²) in [5, 5.41) is 4.27. The van der Waals surface area contributed by atoms with Crippen LogP contribution in [0.3, 0.4) is 0 Å². The van der Waals surface area contributed by atoms with Gasteiger partial charge in [0.15, 0.2) is 0 Å². The molecule has 1 aliphatic rings. The number of anilines is 2. The Morgan fingerprint density at radius 1 is 1.33 bits per heavy atom. The monoisotopic (exact) mass is 267 g/mol. The van der Waals surface area contributed by atoms with E-state index in [0.717, 1.165) is 16.9 Å². The number of thioether (sulfide) groups is 1. The number of aryl methyl sites for hydroxylation is 1. The van der Waals surface area contributed by atoms with Crippen molar-refractivity contribution in [2.45, 2.75) is 43.9 Å². The predicted molar refractivity (Wildman–Crippen MR) is 77.8 cm³/mol. The summed E-state index contributed by atoms with van der Waals surface area (Å²) < 4.78 is 0. The zero-order valence-corrected chi connectivity index (χ0v) is 11.8. The zero-order chi connectivity index (χ0) is 13.0. The number of hydrazine groups is 1. The molecule has 0 aromatic carbocycles. The Kier molecular flexibility index (Phi) is 4.66. The summed E-state index contributed by atoms with van der Waals surface area (Å²) in [5.41, 5.74) is 2.57. The van der Waals surface area contributed by atoms with Crippen LogP contribution in [0.1, 0.15) is 31.5 Å². The van der Waals surface area contributed by atoms with E-state index in [1.165, 1.54) is 25.7 Å². The van der Waals surface area contributed by atoms with Gasteiger partial charge in [-0.05, 0) is 32.4 Å². The second-order valence-electron chi connectivity index (χ2n) is 4.70. The third kappa shape index (κ3) is 3.49. The summed E-state index contributed by atoms with van der Waals surface area (Å²) in [6, 6.07) is 2.37. The molecule has 100 valence electrons. The lowest BCUT2D eigenvalue weighted by atomic mass is 9.95. The van der Waals surface area contributed by atoms with Crippen molar-refractivity contribution in [3.8, 4) is 0 Å². The summed E-state index contributed by atoms with van der Waals surface area (Å²) in [6.07, 6.45) is 7.23. The van der Waals surface area contributed by atoms with Crippen molar-refractivity contribution in [2.24, 2.45) is 5.84 Å². The number of hydrogen-bond donors (Lipinski definition) is 3. The van der Waals surface area contributed by atoms with Crippen LogP contribution in [0, 0.1) is 6.92 Å². The topological polar surface area (TPSA) is 75.9 Å². The van der Waals surface area contributed by atoms with Crippen LogP contribution in [0.5, 0.6) is 0 Å². The van der Waals surface area contributed by atoms with E-state index in [1.54, 1.807) is 0 Å². The maximum absolute atomic E-state index is 5.39. The van der Waals surface area contributed by atoms with E-state index >= 15 is 0 Å². The van der Waals surface area contributed by atoms with Gasteiger partial charge in [0.1, 0.15) is 17.5 Å². The first-order valence-corrected chi connectivity index (χ1v) is 7.61. The van der Waals surface area contributed by atoms with E-state index in [9.17, 15) is 0 Å². The fraction of sp³-hybridized carbons (Fsp3) is 0.667. The molecule has 1 heterocycles. The molecule has 0 saturated heterocycles. The van der Waals surface area contributed by atoms with Gasteiger partial charge in [-0.3, -0.25) is 0 Å². The summed E-state index contributed by atoms with van der Waals surface area (Å²) in [7, 11) is 0. The van der Waals surface area contributed by atoms with Crippen molar-refractivity contribution in [2.75, 3.05) is 17.0 Å². The molecular formula is C12H21N5S. The molecule has 0 amide bonds. The number of aromatic nitrogens is 2. The van der Waals surface area contributed by atoms with Gasteiger partial charge in [-0.1, -0.05) is 6.42 Å². The molecule has 6 heteroatoms. The van der Waals surface area contributed by atoms with E-state index in [0.29, 0.717) is 11.9 Å². The van der Waals surface area contributed by atoms with Gasteiger partial charge < -0.3 is 10.7 Å². The largest absolute Gasteiger partial charge is 0.367 e. The molecule has 0 aliphatic heterocycles. The van der Waals surface area contributed by atoms with Gasteiger partial charge in [0.25, 0.3) is 0 Å². The van der Waals surface area contributed by atoms with Crippen molar-refractivity contribution in [3.05, 3.63) is 11.9 Å². The molecule has 1 saturated carbocycles. The van der Waals surface area contributed by atoms with E-state index in [1.807, 2.05) is 24.8 Å². The molecule has 18 heavy (non-hydrogen) atoms. The fourth-order valence-corrected chi connectivity index (χ4v) is 3.24. The van der Waals surface area contributed by atoms with Crippen LogP contribution >= 0.6 is 11.8 Å². The number of nitrogens with one attached hydrogen (secondary N) is 2. The maximum atomic E-state index is 5.39. The van der Waals surface area contributed by atoms with Crippen molar-refractivity contribution < 1.29 is 0 Å². The molecule has 1 aromatic heterocycles. The number of rotatable bonds is 4. The number of nitrogen functional groups attached to an aromatic ring is 1. The summed E-state index contributed by atoms with van der Waals surface area (Å²) in [5.74, 6) is 7.64. The lowest BCUT2D eigenvalue weighted by molar-refractivity contribution is 0.472. The fourth-order valence-electron chi connectivity index (χ4n) is 2.41. The van der Waals surface area contributed by atoms with Crippen LogP contribution in [-0.2, 0) is 0 Å². The van der Waals surface area contributed by atoms with E-state index in [2.05, 4.69) is 27.0 Å². The van der Waals surface area contributed by atoms with Crippen LogP contribution in [-0.4, -0.2) is 27.5 Å². The highest BCUT2D eigenvalue weighted by atomic mass is 32.2. The second-order valence-corrected chi connectivity index (χ2v) is 5.83. The van der Waals surface area contributed by atoms with Crippen LogP contribution in [0.4, 0.5) is 11.6 Å². The molecule has 2 unspecified atom stereocenters. The molecule has 1 aliphatic carbocycles. The Morgan fingerprint density at radius 2 is 2.11 bits per heavy atom. The number of nitrogens with zero attached hydrogens (tertiary/aromatic N) is 2. The molecule has 0 radical (unpaired) electrons. The van der Waals surface area contributed by atoms with Gasteiger partial charge in [-0.25, -0.2) is 15.8 Å². The Morgan fingerprint density at radius 3 is 2.83 bits per heavy atom. The third-order valence-corrected chi connectivity index (χ3v) is 4.39. The van der Waals surface area contributed by atoms with Gasteiger partial charge >= 0.3 is 0 Å². The van der Waals surface area contributed by atoms with Gasteiger partial charge in [0, 0.05) is 17.4 Å². The number of nitrogens with two attached hydrogens (primary N) is 1. The van der Waals surface area contributed by atoms with Gasteiger partial charge in [0.05, 0.1) is 0 Å². The molecule has 2 rings (SSSR count). The standard InChI is InChI=1S/C12H21N5S/c1-8-14-11(7-12(15-8)17-13)16-9-4-3-5-10(6-9)18-2/h7,9-10H,3-6,13H2,1-2H3,(H2,14,15,16,17). The molecule has 0 spiro atoms. The Balaban J connectivity index is 2.02. The van der Waals surface area contributed by atoms with E-state index in [-0.39, 0.29) is 0 Å². The lowest BCUT2D eigenvalue weighted by Gasteiger charge is -2.29. The molecule has 2 atom stereocenters. The van der Waals surface area contributed by atoms with E-state index < -0.39 is 0 Å². The molecule has 4 N–H and O–H groups in total. The lowest BCUT2D eigenvalue weighted by Crippen LogP contribution is -2.29. The van der Waals surface area contributed by atoms with Crippen molar-refractivity contribution in [1.29, 1.82) is 0 Å². The molecule has 1 fully saturated rings. The van der Waals surface area contributed by atoms with Crippen molar-refractivity contribution >= 4 is 23.4 Å². The Labute approximate surface area is 112 Å². The maximum Gasteiger partial charge on any atom is 0.145 e. The summed E-state index contributed by atoms with van der Waals surface area (Å²) >= 11 is 1.97. The minimum absolute atomic E-state index is 0.510. The van der Waals surface area contributed by atoms with Gasteiger partial charge in [0.2, 0.25) is 0 Å². The average molecular weight is 267 g/mol. The van der Waals surface area contributed by atoms with E-state index in [4.69, 9.17) is 5.84 Å². The van der Waals surface area contributed by atoms with Crippen LogP contribution in [0.15, 0.2) is 6.07 Å². The van der Waals surface area contributed by atoms with Crippen LogP contribution in [0.2, 0.25) is 0 Å². The SMILES string of the molecule is CSC1CCCC(Nc2cc(NN)nc(C)n2)C1. The van der Waals surface area contributed by atoms with Crippen LogP contribution in [0.25, 0.3) is 0 Å². The van der Waals surface area contributed by atoms with Gasteiger partial charge in [-0.2, -0.15) is 11.8 Å². The first kappa shape index (κ1) is 13.4. The average Bonchev–Trinajstić information content (AvgIpc) is 2.38. The zero-order valence-electron chi connectivity index (χ0n) is 10.9. The van der Waals surface area contributed by atoms with Crippen molar-refractivity contribution in [1.82, 2.24) is 9.97 Å². The van der Waals surface area contributed by atoms with Crippen LogP contribution < -0.4 is 16.6 Å². The molecule has 0 bridgehead atoms. The highest BCUT2D eigenvalue weighted by Gasteiger charge is 2.21. The molecule has 1 aromatic rings. The molecular weight excluding hydrogens is 246 g/mol. The summed E-state index contributed by atoms with van der Waals surface area (Å²) in [4.78, 5) is 8.59. The minimum atomic E-state index is 0.510. The quantitative estimate of drug-likeness (QED) is 0.573. The Bertz CT molecular complexity index is 398. The highest BCUT2D eigenvalue weighted by molar-refractivity contribution is 7.99. The highest BCUT2D eigenvalue weighted by Crippen LogP contribution is 2.28. The first-order valence-electron chi connectivity index (χ1n) is 6.33. The minimum Gasteiger partial charge on any atom is -0.367 e. The third-order valence-electron chi connectivity index (χ3n) is 3.30. The normalized spacial score (nSPS) is 23.7. The number of hydrogen-bond acceptors (Lipinski definition) is 6. The van der Waals surface area contributed by atoms with Crippen molar-refractivity contribution in [3.63, 3.8) is 0 Å². The Hall–Kier alpha value is -1.01. The summed E-state index contributed by atoms with van der Waals surface area (Å²) in [6.45, 7) is 1.87. The predicted octanol–water partition coefficient (Wildman–Crippen LogP) is 2.16. The first-order chi connectivity index (χ1) is 8.71.